The van der Waals surface area contributed by atoms with Crippen molar-refractivity contribution in [2.24, 2.45) is 0 Å². The van der Waals surface area contributed by atoms with Gasteiger partial charge in [0.2, 0.25) is 0 Å². The maximum absolute atomic E-state index is 11.3. The van der Waals surface area contributed by atoms with Crippen molar-refractivity contribution in [1.82, 2.24) is 4.57 Å². The van der Waals surface area contributed by atoms with Gasteiger partial charge in [-0.3, -0.25) is 0 Å². The number of benzene rings is 2. The van der Waals surface area contributed by atoms with Crippen molar-refractivity contribution < 1.29 is 36.4 Å². The largest absolute Gasteiger partial charge is 0.492 e. The topological polar surface area (TPSA) is 60.7 Å². The first kappa shape index (κ1) is 26.1. The number of carboxylic acids is 1. The van der Waals surface area contributed by atoms with E-state index < -0.39 is 12.1 Å². The van der Waals surface area contributed by atoms with Crippen LogP contribution in [-0.4, -0.2) is 41.2 Å². The fourth-order valence-corrected chi connectivity index (χ4v) is 3.90. The molecule has 1 aromatic heterocycles. The fraction of sp³-hybridized carbons (Fsp3) is 0.320. The van der Waals surface area contributed by atoms with Crippen molar-refractivity contribution in [3.8, 4) is 17.0 Å². The van der Waals surface area contributed by atoms with E-state index in [4.69, 9.17) is 9.47 Å². The minimum atomic E-state index is -0.942. The van der Waals surface area contributed by atoms with Crippen LogP contribution >= 0.6 is 11.8 Å². The van der Waals surface area contributed by atoms with Crippen LogP contribution in [0.2, 0.25) is 0 Å². The smallest absolute Gasteiger partial charge is 0.333 e. The third kappa shape index (κ3) is 6.91. The summed E-state index contributed by atoms with van der Waals surface area (Å²) in [6.07, 6.45) is 1.59. The second-order valence-electron chi connectivity index (χ2n) is 7.22. The Morgan fingerprint density at radius 2 is 1.75 bits per heavy atom. The first-order chi connectivity index (χ1) is 15.0. The number of carboxylic acid groups (broad SMARTS) is 1. The Hall–Kier alpha value is -2.18. The number of ether oxygens (including phenoxy) is 2. The molecule has 3 rings (SSSR count). The van der Waals surface area contributed by atoms with Gasteiger partial charge in [-0.15, -0.1) is 11.8 Å². The minimum absolute atomic E-state index is 0. The summed E-state index contributed by atoms with van der Waals surface area (Å²) in [6.45, 7) is 5.56. The number of aliphatic carboxylic acids is 1. The van der Waals surface area contributed by atoms with Gasteiger partial charge in [0, 0.05) is 46.4 Å². The molecule has 175 valence electrons. The van der Waals surface area contributed by atoms with Gasteiger partial charge in [0.15, 0.2) is 6.10 Å². The van der Waals surface area contributed by atoms with Crippen LogP contribution in [0.15, 0.2) is 65.6 Å². The number of carbonyl (C=O) groups is 1. The average molecular weight is 503 g/mol. The maximum Gasteiger partial charge on any atom is 0.333 e. The molecule has 0 aliphatic heterocycles. The Labute approximate surface area is 204 Å². The van der Waals surface area contributed by atoms with Gasteiger partial charge in [-0.1, -0.05) is 24.3 Å². The first-order valence-electron chi connectivity index (χ1n) is 10.4. The number of hydrogen-bond acceptors (Lipinski definition) is 4. The third-order valence-corrected chi connectivity index (χ3v) is 5.90. The van der Waals surface area contributed by atoms with Gasteiger partial charge >= 0.3 is 5.97 Å². The van der Waals surface area contributed by atoms with Gasteiger partial charge in [0.05, 0.1) is 6.54 Å². The van der Waals surface area contributed by atoms with E-state index >= 15 is 0 Å². The molecule has 5 nitrogen and oxygen atoms in total. The van der Waals surface area contributed by atoms with Crippen LogP contribution in [0.4, 0.5) is 0 Å². The van der Waals surface area contributed by atoms with E-state index in [1.54, 1.807) is 18.7 Å². The van der Waals surface area contributed by atoms with Crippen LogP contribution in [0.3, 0.4) is 0 Å². The molecule has 0 saturated carbocycles. The minimum Gasteiger partial charge on any atom is -0.492 e. The van der Waals surface area contributed by atoms with Gasteiger partial charge in [-0.05, 0) is 67.6 Å². The zero-order valence-corrected chi connectivity index (χ0v) is 20.3. The summed E-state index contributed by atoms with van der Waals surface area (Å²) in [5, 5.41) is 9.23. The molecule has 1 heterocycles. The Bertz CT molecular complexity index is 986. The molecule has 2 aromatic carbocycles. The van der Waals surface area contributed by atoms with Crippen molar-refractivity contribution >= 4 is 17.7 Å². The van der Waals surface area contributed by atoms with Crippen molar-refractivity contribution in [3.63, 3.8) is 0 Å². The van der Waals surface area contributed by atoms with Crippen LogP contribution < -0.4 is 4.74 Å². The van der Waals surface area contributed by atoms with E-state index in [0.29, 0.717) is 19.6 Å². The zero-order valence-electron chi connectivity index (χ0n) is 18.5. The van der Waals surface area contributed by atoms with Crippen LogP contribution in [0.5, 0.6) is 5.75 Å². The molecule has 0 saturated heterocycles. The van der Waals surface area contributed by atoms with Gasteiger partial charge in [0.1, 0.15) is 12.4 Å². The predicted molar refractivity (Wildman–Crippen MR) is 125 cm³/mol. The Kier molecular flexibility index (Phi) is 10.4. The number of aromatic nitrogens is 1. The Morgan fingerprint density at radius 1 is 1.06 bits per heavy atom. The summed E-state index contributed by atoms with van der Waals surface area (Å²) >= 11 is 1.74. The van der Waals surface area contributed by atoms with Crippen LogP contribution in [0.25, 0.3) is 11.3 Å². The Balaban J connectivity index is 0.00000363. The second kappa shape index (κ2) is 12.8. The van der Waals surface area contributed by atoms with E-state index in [9.17, 15) is 9.90 Å². The summed E-state index contributed by atoms with van der Waals surface area (Å²) in [6, 6.07) is 20.4. The number of rotatable bonds is 11. The SMILES string of the molecule is CCOC(Cc1ccc(OCCn2c(C)ccc2-c2ccc(SC)cc2)cc1)C(=O)O.[Cu]. The summed E-state index contributed by atoms with van der Waals surface area (Å²) in [4.78, 5) is 12.5. The molecule has 1 atom stereocenters. The summed E-state index contributed by atoms with van der Waals surface area (Å²) in [5.41, 5.74) is 4.47. The fourth-order valence-electron chi connectivity index (χ4n) is 3.49. The number of hydrogen-bond donors (Lipinski definition) is 1. The quantitative estimate of drug-likeness (QED) is 0.285. The van der Waals surface area contributed by atoms with Gasteiger partial charge in [-0.25, -0.2) is 4.79 Å². The van der Waals surface area contributed by atoms with E-state index in [1.165, 1.54) is 21.8 Å². The molecule has 1 radical (unpaired) electrons. The normalized spacial score (nSPS) is 11.6. The third-order valence-electron chi connectivity index (χ3n) is 5.16. The number of nitrogens with zero attached hydrogens (tertiary/aromatic N) is 1. The van der Waals surface area contributed by atoms with E-state index in [0.717, 1.165) is 17.9 Å². The molecule has 32 heavy (non-hydrogen) atoms. The van der Waals surface area contributed by atoms with Crippen LogP contribution in [0.1, 0.15) is 18.2 Å². The predicted octanol–water partition coefficient (Wildman–Crippen LogP) is 5.29. The number of aryl methyl sites for hydroxylation is 1. The van der Waals surface area contributed by atoms with Gasteiger partial charge < -0.3 is 19.1 Å². The molecule has 0 amide bonds. The standard InChI is InChI=1S/C25H29NO4S.Cu/c1-4-29-24(25(27)28)17-19-6-10-21(11-7-19)30-16-15-26-18(2)5-14-23(26)20-8-12-22(31-3)13-9-20;/h5-14,24H,4,15-17H2,1-3H3,(H,27,28);. The molecule has 3 aromatic rings. The molecule has 7 heteroatoms. The van der Waals surface area contributed by atoms with Crippen molar-refractivity contribution in [2.45, 2.75) is 37.8 Å². The molecular formula is C25H29CuNO4S. The monoisotopic (exact) mass is 502 g/mol. The maximum atomic E-state index is 11.3. The molecule has 0 bridgehead atoms. The molecular weight excluding hydrogens is 474 g/mol. The molecule has 0 fully saturated rings. The zero-order chi connectivity index (χ0) is 22.2. The van der Waals surface area contributed by atoms with Crippen molar-refractivity contribution in [2.75, 3.05) is 19.5 Å². The molecule has 0 spiro atoms. The molecule has 1 N–H and O–H groups in total. The van der Waals surface area contributed by atoms with E-state index in [1.807, 2.05) is 24.3 Å². The van der Waals surface area contributed by atoms with Crippen LogP contribution in [0, 0.1) is 6.92 Å². The first-order valence-corrected chi connectivity index (χ1v) is 11.6. The van der Waals surface area contributed by atoms with Gasteiger partial charge in [0.25, 0.3) is 0 Å². The van der Waals surface area contributed by atoms with E-state index in [-0.39, 0.29) is 17.1 Å². The average Bonchev–Trinajstić information content (AvgIpc) is 3.15. The number of thioether (sulfide) groups is 1. The van der Waals surface area contributed by atoms with Crippen molar-refractivity contribution in [3.05, 3.63) is 71.9 Å². The molecule has 0 aliphatic rings. The Morgan fingerprint density at radius 3 is 2.34 bits per heavy atom. The van der Waals surface area contributed by atoms with E-state index in [2.05, 4.69) is 54.1 Å². The van der Waals surface area contributed by atoms with Crippen molar-refractivity contribution in [1.29, 1.82) is 0 Å². The van der Waals surface area contributed by atoms with Crippen LogP contribution in [-0.2, 0) is 39.6 Å². The van der Waals surface area contributed by atoms with Gasteiger partial charge in [-0.2, -0.15) is 0 Å². The molecule has 1 unspecified atom stereocenters. The summed E-state index contributed by atoms with van der Waals surface area (Å²) in [7, 11) is 0. The summed E-state index contributed by atoms with van der Waals surface area (Å²) < 4.78 is 13.5. The molecule has 0 aliphatic carbocycles. The second-order valence-corrected chi connectivity index (χ2v) is 8.10. The summed E-state index contributed by atoms with van der Waals surface area (Å²) in [5.74, 6) is -0.175.